The van der Waals surface area contributed by atoms with E-state index in [1.54, 1.807) is 0 Å². The summed E-state index contributed by atoms with van der Waals surface area (Å²) in [6.07, 6.45) is 5.25. The number of Topliss-reactive ketones (excluding diaryl/α,β-unsaturated/α-hetero) is 1. The Morgan fingerprint density at radius 2 is 1.94 bits per heavy atom. The van der Waals surface area contributed by atoms with Gasteiger partial charge in [-0.25, -0.2) is 0 Å². The second-order valence-corrected chi connectivity index (χ2v) is 4.69. The molecular weight excluding hydrogens is 204 g/mol. The van der Waals surface area contributed by atoms with Gasteiger partial charge in [-0.15, -0.1) is 0 Å². The third-order valence-electron chi connectivity index (χ3n) is 3.57. The van der Waals surface area contributed by atoms with Crippen molar-refractivity contribution in [2.24, 2.45) is 11.3 Å². The number of ketones is 1. The lowest BCUT2D eigenvalue weighted by molar-refractivity contribution is -0.152. The van der Waals surface area contributed by atoms with Gasteiger partial charge >= 0.3 is 5.97 Å². The highest BCUT2D eigenvalue weighted by molar-refractivity contribution is 6.07. The van der Waals surface area contributed by atoms with E-state index in [0.29, 0.717) is 12.8 Å². The number of unbranched alkanes of at least 4 members (excludes halogenated alkanes) is 1. The average Bonchev–Trinajstić information content (AvgIpc) is 3.10. The minimum Gasteiger partial charge on any atom is -0.468 e. The van der Waals surface area contributed by atoms with Crippen molar-refractivity contribution in [3.05, 3.63) is 0 Å². The van der Waals surface area contributed by atoms with Gasteiger partial charge in [0.2, 0.25) is 0 Å². The van der Waals surface area contributed by atoms with Gasteiger partial charge in [0.25, 0.3) is 0 Å². The number of ether oxygens (including phenoxy) is 1. The van der Waals surface area contributed by atoms with E-state index < -0.39 is 5.41 Å². The van der Waals surface area contributed by atoms with Gasteiger partial charge in [-0.05, 0) is 25.7 Å². The summed E-state index contributed by atoms with van der Waals surface area (Å²) in [6, 6.07) is 0. The van der Waals surface area contributed by atoms with Gasteiger partial charge in [0.15, 0.2) is 5.78 Å². The van der Waals surface area contributed by atoms with E-state index in [9.17, 15) is 9.59 Å². The van der Waals surface area contributed by atoms with Crippen LogP contribution < -0.4 is 0 Å². The Bertz CT molecular complexity index is 266. The molecular formula is C13H22O3. The predicted octanol–water partition coefficient (Wildman–Crippen LogP) is 2.73. The Morgan fingerprint density at radius 3 is 2.31 bits per heavy atom. The highest BCUT2D eigenvalue weighted by Crippen LogP contribution is 2.50. The van der Waals surface area contributed by atoms with Crippen molar-refractivity contribution in [1.29, 1.82) is 0 Å². The lowest BCUT2D eigenvalue weighted by atomic mass is 9.85. The van der Waals surface area contributed by atoms with Crippen LogP contribution >= 0.6 is 0 Å². The Hall–Kier alpha value is -0.860. The number of rotatable bonds is 7. The first kappa shape index (κ1) is 13.2. The number of carbonyl (C=O) groups excluding carboxylic acids is 2. The minimum absolute atomic E-state index is 0.0431. The van der Waals surface area contributed by atoms with E-state index in [4.69, 9.17) is 4.74 Å². The molecule has 92 valence electrons. The normalized spacial score (nSPS) is 18.9. The van der Waals surface area contributed by atoms with Crippen LogP contribution in [0.25, 0.3) is 0 Å². The number of esters is 1. The van der Waals surface area contributed by atoms with Gasteiger partial charge in [0.05, 0.1) is 7.11 Å². The molecule has 0 N–H and O–H groups in total. The molecule has 3 nitrogen and oxygen atoms in total. The molecule has 0 saturated heterocycles. The fraction of sp³-hybridized carbons (Fsp3) is 0.846. The van der Waals surface area contributed by atoms with Gasteiger partial charge in [0, 0.05) is 5.92 Å². The van der Waals surface area contributed by atoms with Crippen LogP contribution in [0.4, 0.5) is 0 Å². The van der Waals surface area contributed by atoms with E-state index in [1.165, 1.54) is 7.11 Å². The zero-order chi connectivity index (χ0) is 12.2. The zero-order valence-corrected chi connectivity index (χ0v) is 10.5. The van der Waals surface area contributed by atoms with Crippen LogP contribution in [0, 0.1) is 11.3 Å². The van der Waals surface area contributed by atoms with Crippen molar-refractivity contribution < 1.29 is 14.3 Å². The van der Waals surface area contributed by atoms with Crippen molar-refractivity contribution in [2.75, 3.05) is 7.11 Å². The third-order valence-corrected chi connectivity index (χ3v) is 3.57. The smallest absolute Gasteiger partial charge is 0.319 e. The zero-order valence-electron chi connectivity index (χ0n) is 10.5. The molecule has 3 heteroatoms. The first-order valence-corrected chi connectivity index (χ1v) is 6.25. The summed E-state index contributed by atoms with van der Waals surface area (Å²) in [5.41, 5.74) is -0.761. The van der Waals surface area contributed by atoms with Gasteiger partial charge in [-0.3, -0.25) is 9.59 Å². The molecule has 0 aromatic rings. The van der Waals surface area contributed by atoms with Crippen molar-refractivity contribution in [3.63, 3.8) is 0 Å². The fourth-order valence-corrected chi connectivity index (χ4v) is 2.23. The Morgan fingerprint density at radius 1 is 1.31 bits per heavy atom. The monoisotopic (exact) mass is 226 g/mol. The van der Waals surface area contributed by atoms with Crippen LogP contribution in [0.1, 0.15) is 52.4 Å². The second kappa shape index (κ2) is 5.46. The van der Waals surface area contributed by atoms with Crippen LogP contribution in [0.3, 0.4) is 0 Å². The van der Waals surface area contributed by atoms with Crippen molar-refractivity contribution >= 4 is 11.8 Å². The second-order valence-electron chi connectivity index (χ2n) is 4.69. The lowest BCUT2D eigenvalue weighted by Crippen LogP contribution is -2.32. The first-order chi connectivity index (χ1) is 7.62. The Kier molecular flexibility index (Phi) is 4.51. The summed E-state index contributed by atoms with van der Waals surface area (Å²) >= 11 is 0. The minimum atomic E-state index is -0.761. The molecule has 1 aliphatic carbocycles. The van der Waals surface area contributed by atoms with Crippen LogP contribution in [-0.2, 0) is 14.3 Å². The highest BCUT2D eigenvalue weighted by atomic mass is 16.5. The Labute approximate surface area is 97.5 Å². The molecule has 1 rings (SSSR count). The Balaban J connectivity index is 2.64. The maximum atomic E-state index is 12.3. The summed E-state index contributed by atoms with van der Waals surface area (Å²) in [6.45, 7) is 4.13. The van der Waals surface area contributed by atoms with E-state index in [0.717, 1.165) is 25.7 Å². The maximum absolute atomic E-state index is 12.3. The molecule has 1 aliphatic rings. The van der Waals surface area contributed by atoms with E-state index in [-0.39, 0.29) is 17.7 Å². The summed E-state index contributed by atoms with van der Waals surface area (Å²) in [4.78, 5) is 23.9. The summed E-state index contributed by atoms with van der Waals surface area (Å²) in [7, 11) is 1.36. The topological polar surface area (TPSA) is 43.4 Å². The van der Waals surface area contributed by atoms with Crippen molar-refractivity contribution in [2.45, 2.75) is 52.4 Å². The molecule has 1 fully saturated rings. The average molecular weight is 226 g/mol. The van der Waals surface area contributed by atoms with E-state index in [2.05, 4.69) is 6.92 Å². The number of carbonyl (C=O) groups is 2. The molecule has 1 unspecified atom stereocenters. The van der Waals surface area contributed by atoms with Crippen LogP contribution in [-0.4, -0.2) is 18.9 Å². The molecule has 0 aromatic carbocycles. The summed E-state index contributed by atoms with van der Waals surface area (Å²) < 4.78 is 4.74. The van der Waals surface area contributed by atoms with Gasteiger partial charge < -0.3 is 4.74 Å². The quantitative estimate of drug-likeness (QED) is 0.495. The van der Waals surface area contributed by atoms with Crippen LogP contribution in [0.2, 0.25) is 0 Å². The molecule has 1 saturated carbocycles. The molecule has 0 radical (unpaired) electrons. The molecule has 0 amide bonds. The molecule has 0 spiro atoms. The summed E-state index contributed by atoms with van der Waals surface area (Å²) in [5.74, 6) is -0.163. The predicted molar refractivity (Wildman–Crippen MR) is 62.0 cm³/mol. The fourth-order valence-electron chi connectivity index (χ4n) is 2.23. The van der Waals surface area contributed by atoms with Crippen molar-refractivity contribution in [1.82, 2.24) is 0 Å². The molecule has 1 atom stereocenters. The standard InChI is InChI=1S/C13H22O3/c1-4-6-7-10(5-2)11(14)13(8-9-13)12(15)16-3/h10H,4-9H2,1-3H3. The molecule has 0 aromatic heterocycles. The number of methoxy groups -OCH3 is 1. The molecule has 0 heterocycles. The molecule has 0 bridgehead atoms. The van der Waals surface area contributed by atoms with Crippen LogP contribution in [0.5, 0.6) is 0 Å². The third kappa shape index (κ3) is 2.45. The van der Waals surface area contributed by atoms with Crippen molar-refractivity contribution in [3.8, 4) is 0 Å². The summed E-state index contributed by atoms with van der Waals surface area (Å²) in [5, 5.41) is 0. The van der Waals surface area contributed by atoms with Gasteiger partial charge in [-0.1, -0.05) is 26.7 Å². The highest BCUT2D eigenvalue weighted by Gasteiger charge is 2.58. The van der Waals surface area contributed by atoms with E-state index >= 15 is 0 Å². The van der Waals surface area contributed by atoms with Gasteiger partial charge in [0.1, 0.15) is 5.41 Å². The molecule has 0 aliphatic heterocycles. The first-order valence-electron chi connectivity index (χ1n) is 6.25. The van der Waals surface area contributed by atoms with Gasteiger partial charge in [-0.2, -0.15) is 0 Å². The SMILES string of the molecule is CCCCC(CC)C(=O)C1(C(=O)OC)CC1. The largest absolute Gasteiger partial charge is 0.468 e. The van der Waals surface area contributed by atoms with E-state index in [1.807, 2.05) is 6.92 Å². The lowest BCUT2D eigenvalue weighted by Gasteiger charge is -2.19. The van der Waals surface area contributed by atoms with Crippen LogP contribution in [0.15, 0.2) is 0 Å². The molecule has 16 heavy (non-hydrogen) atoms. The maximum Gasteiger partial charge on any atom is 0.319 e. The number of hydrogen-bond acceptors (Lipinski definition) is 3. The number of hydrogen-bond donors (Lipinski definition) is 0.